The molecule has 19 heavy (non-hydrogen) atoms. The van der Waals surface area contributed by atoms with Crippen LogP contribution in [0, 0.1) is 17.8 Å². The number of hydrogen-bond donors (Lipinski definition) is 2. The molecule has 4 atom stereocenters. The number of hydrazine groups is 1. The Balaban J connectivity index is 1.58. The van der Waals surface area contributed by atoms with Gasteiger partial charge in [0.15, 0.2) is 0 Å². The summed E-state index contributed by atoms with van der Waals surface area (Å²) >= 11 is 5.43. The van der Waals surface area contributed by atoms with Gasteiger partial charge in [0.25, 0.3) is 0 Å². The molecule has 0 aliphatic heterocycles. The molecule has 2 aliphatic carbocycles. The second kappa shape index (κ2) is 6.17. The average molecular weight is 341 g/mol. The summed E-state index contributed by atoms with van der Waals surface area (Å²) in [6, 6.07) is 8.97. The minimum absolute atomic E-state index is 0.458. The van der Waals surface area contributed by atoms with E-state index >= 15 is 0 Å². The number of nitrogens with one attached hydrogen (secondary N) is 1. The van der Waals surface area contributed by atoms with Crippen LogP contribution in [0.1, 0.15) is 25.7 Å². The number of thioether (sulfide) groups is 1. The first-order valence-corrected chi connectivity index (χ1v) is 8.88. The van der Waals surface area contributed by atoms with E-state index in [0.29, 0.717) is 6.04 Å². The van der Waals surface area contributed by atoms with Crippen LogP contribution < -0.4 is 11.3 Å². The molecule has 0 aromatic heterocycles. The van der Waals surface area contributed by atoms with Crippen molar-refractivity contribution in [2.45, 2.75) is 36.6 Å². The van der Waals surface area contributed by atoms with E-state index in [1.165, 1.54) is 30.6 Å². The maximum Gasteiger partial charge on any atom is 0.0335 e. The van der Waals surface area contributed by atoms with Crippen molar-refractivity contribution in [3.05, 3.63) is 28.7 Å². The van der Waals surface area contributed by atoms with E-state index in [9.17, 15) is 0 Å². The summed E-state index contributed by atoms with van der Waals surface area (Å²) in [5.41, 5.74) is 3.08. The van der Waals surface area contributed by atoms with Crippen molar-refractivity contribution in [2.75, 3.05) is 5.75 Å². The van der Waals surface area contributed by atoms with Gasteiger partial charge in [-0.15, -0.1) is 11.8 Å². The van der Waals surface area contributed by atoms with Crippen molar-refractivity contribution in [3.63, 3.8) is 0 Å². The van der Waals surface area contributed by atoms with Gasteiger partial charge in [0.2, 0.25) is 0 Å². The van der Waals surface area contributed by atoms with E-state index in [0.717, 1.165) is 28.0 Å². The zero-order valence-corrected chi connectivity index (χ0v) is 13.4. The quantitative estimate of drug-likeness (QED) is 0.486. The topological polar surface area (TPSA) is 38.0 Å². The fraction of sp³-hybridized carbons (Fsp3) is 0.600. The van der Waals surface area contributed by atoms with Crippen LogP contribution in [0.4, 0.5) is 0 Å². The number of hydrogen-bond acceptors (Lipinski definition) is 3. The number of rotatable bonds is 5. The van der Waals surface area contributed by atoms with Gasteiger partial charge in [0.1, 0.15) is 0 Å². The lowest BCUT2D eigenvalue weighted by molar-refractivity contribution is 0.265. The van der Waals surface area contributed by atoms with Gasteiger partial charge in [-0.25, -0.2) is 0 Å². The highest BCUT2D eigenvalue weighted by molar-refractivity contribution is 9.10. The van der Waals surface area contributed by atoms with E-state index in [1.807, 2.05) is 11.8 Å². The van der Waals surface area contributed by atoms with Gasteiger partial charge in [-0.05, 0) is 55.2 Å². The lowest BCUT2D eigenvalue weighted by atomic mass is 9.84. The molecule has 3 N–H and O–H groups in total. The molecule has 2 fully saturated rings. The maximum atomic E-state index is 5.81. The molecule has 4 heteroatoms. The number of nitrogens with two attached hydrogens (primary N) is 1. The van der Waals surface area contributed by atoms with E-state index < -0.39 is 0 Å². The summed E-state index contributed by atoms with van der Waals surface area (Å²) in [5.74, 6) is 9.58. The fourth-order valence-electron chi connectivity index (χ4n) is 3.82. The Kier molecular flexibility index (Phi) is 4.52. The first-order chi connectivity index (χ1) is 9.26. The van der Waals surface area contributed by atoms with Crippen LogP contribution in [0.2, 0.25) is 0 Å². The Labute approximate surface area is 128 Å². The van der Waals surface area contributed by atoms with Crippen molar-refractivity contribution >= 4 is 27.7 Å². The highest BCUT2D eigenvalue weighted by Crippen LogP contribution is 2.49. The first kappa shape index (κ1) is 13.9. The summed E-state index contributed by atoms with van der Waals surface area (Å²) in [5, 5.41) is 0. The van der Waals surface area contributed by atoms with Gasteiger partial charge in [-0.3, -0.25) is 11.3 Å². The SMILES string of the molecule is NNC(CSc1cccc(Br)c1)C1CC2CCC1C2. The standard InChI is InChI=1S/C15H21BrN2S/c16-12-2-1-3-13(8-12)19-9-15(18-17)14-7-10-4-5-11(14)6-10/h1-3,8,10-11,14-15,18H,4-7,9,17H2. The number of halogens is 1. The zero-order valence-electron chi connectivity index (χ0n) is 11.0. The van der Waals surface area contributed by atoms with Crippen LogP contribution in [0.3, 0.4) is 0 Å². The summed E-state index contributed by atoms with van der Waals surface area (Å²) < 4.78 is 1.15. The first-order valence-electron chi connectivity index (χ1n) is 7.10. The van der Waals surface area contributed by atoms with Crippen LogP contribution in [-0.4, -0.2) is 11.8 Å². The molecule has 104 valence electrons. The molecule has 3 rings (SSSR count). The monoisotopic (exact) mass is 340 g/mol. The lowest BCUT2D eigenvalue weighted by Gasteiger charge is -2.29. The molecule has 1 aromatic carbocycles. The molecule has 2 aliphatic rings. The van der Waals surface area contributed by atoms with E-state index in [1.54, 1.807) is 0 Å². The van der Waals surface area contributed by atoms with Crippen molar-refractivity contribution in [1.82, 2.24) is 5.43 Å². The van der Waals surface area contributed by atoms with Crippen molar-refractivity contribution in [2.24, 2.45) is 23.6 Å². The highest BCUT2D eigenvalue weighted by Gasteiger charge is 2.42. The molecular weight excluding hydrogens is 320 g/mol. The largest absolute Gasteiger partial charge is 0.271 e. The van der Waals surface area contributed by atoms with Gasteiger partial charge in [-0.2, -0.15) is 0 Å². The second-order valence-corrected chi connectivity index (χ2v) is 7.89. The summed E-state index contributed by atoms with van der Waals surface area (Å²) in [4.78, 5) is 1.32. The smallest absolute Gasteiger partial charge is 0.0335 e. The maximum absolute atomic E-state index is 5.81. The van der Waals surface area contributed by atoms with Gasteiger partial charge in [-0.1, -0.05) is 28.4 Å². The summed E-state index contributed by atoms with van der Waals surface area (Å²) in [7, 11) is 0. The van der Waals surface area contributed by atoms with E-state index in [4.69, 9.17) is 5.84 Å². The van der Waals surface area contributed by atoms with Crippen molar-refractivity contribution < 1.29 is 0 Å². The fourth-order valence-corrected chi connectivity index (χ4v) is 5.48. The molecular formula is C15H21BrN2S. The van der Waals surface area contributed by atoms with Crippen LogP contribution >= 0.6 is 27.7 Å². The van der Waals surface area contributed by atoms with E-state index in [-0.39, 0.29) is 0 Å². The number of fused-ring (bicyclic) bond motifs is 2. The number of benzene rings is 1. The Morgan fingerprint density at radius 2 is 2.26 bits per heavy atom. The van der Waals surface area contributed by atoms with Crippen LogP contribution in [0.15, 0.2) is 33.6 Å². The summed E-state index contributed by atoms with van der Waals surface area (Å²) in [6.07, 6.45) is 5.72. The predicted molar refractivity (Wildman–Crippen MR) is 84.9 cm³/mol. The Morgan fingerprint density at radius 1 is 1.37 bits per heavy atom. The molecule has 0 heterocycles. The Bertz CT molecular complexity index is 440. The Morgan fingerprint density at radius 3 is 2.89 bits per heavy atom. The second-order valence-electron chi connectivity index (χ2n) is 5.88. The van der Waals surface area contributed by atoms with Gasteiger partial charge in [0, 0.05) is 21.2 Å². The van der Waals surface area contributed by atoms with Gasteiger partial charge >= 0.3 is 0 Å². The zero-order chi connectivity index (χ0) is 13.2. The van der Waals surface area contributed by atoms with Crippen LogP contribution in [-0.2, 0) is 0 Å². The van der Waals surface area contributed by atoms with Crippen LogP contribution in [0.25, 0.3) is 0 Å². The molecule has 0 saturated heterocycles. The molecule has 2 bridgehead atoms. The third-order valence-corrected chi connectivity index (χ3v) is 6.36. The molecule has 4 unspecified atom stereocenters. The van der Waals surface area contributed by atoms with Crippen molar-refractivity contribution in [1.29, 1.82) is 0 Å². The lowest BCUT2D eigenvalue weighted by Crippen LogP contribution is -2.44. The minimum Gasteiger partial charge on any atom is -0.271 e. The third kappa shape index (κ3) is 3.18. The highest BCUT2D eigenvalue weighted by atomic mass is 79.9. The molecule has 0 spiro atoms. The molecule has 2 nitrogen and oxygen atoms in total. The third-order valence-electron chi connectivity index (χ3n) is 4.75. The molecule has 0 amide bonds. The minimum atomic E-state index is 0.458. The van der Waals surface area contributed by atoms with Gasteiger partial charge in [0.05, 0.1) is 0 Å². The van der Waals surface area contributed by atoms with Crippen LogP contribution in [0.5, 0.6) is 0 Å². The normalized spacial score (nSPS) is 30.7. The average Bonchev–Trinajstić information content (AvgIpc) is 3.02. The van der Waals surface area contributed by atoms with Crippen molar-refractivity contribution in [3.8, 4) is 0 Å². The predicted octanol–water partition coefficient (Wildman–Crippen LogP) is 3.81. The molecule has 2 saturated carbocycles. The molecule has 0 radical (unpaired) electrons. The molecule has 1 aromatic rings. The Hall–Kier alpha value is -0.0300. The van der Waals surface area contributed by atoms with Gasteiger partial charge < -0.3 is 0 Å². The summed E-state index contributed by atoms with van der Waals surface area (Å²) in [6.45, 7) is 0. The van der Waals surface area contributed by atoms with E-state index in [2.05, 4.69) is 45.6 Å².